The highest BCUT2D eigenvalue weighted by atomic mass is 16.5. The molecule has 0 atom stereocenters. The van der Waals surface area contributed by atoms with Crippen molar-refractivity contribution in [3.05, 3.63) is 11.3 Å². The molecule has 0 saturated carbocycles. The molecular weight excluding hydrogens is 196 g/mol. The first-order valence-corrected chi connectivity index (χ1v) is 4.76. The van der Waals surface area contributed by atoms with Crippen LogP contribution in [0.25, 0.3) is 0 Å². The van der Waals surface area contributed by atoms with Gasteiger partial charge in [-0.05, 0) is 6.42 Å². The van der Waals surface area contributed by atoms with Crippen LogP contribution < -0.4 is 5.73 Å². The van der Waals surface area contributed by atoms with Crippen LogP contribution in [0, 0.1) is 0 Å². The third-order valence-electron chi connectivity index (χ3n) is 2.71. The number of aromatic nitrogens is 2. The standard InChI is InChI=1S/C9H14N4O2/c1-12-7-5-13(9(14)15-2)4-3-6(7)8(10)11-12/h3-5H2,1-2H3,(H2,10,11). The minimum atomic E-state index is -0.305. The third-order valence-corrected chi connectivity index (χ3v) is 2.71. The smallest absolute Gasteiger partial charge is 0.409 e. The predicted octanol–water partition coefficient (Wildman–Crippen LogP) is 0.127. The van der Waals surface area contributed by atoms with E-state index in [-0.39, 0.29) is 6.09 Å². The van der Waals surface area contributed by atoms with E-state index in [0.717, 1.165) is 17.7 Å². The number of carbonyl (C=O) groups is 1. The minimum Gasteiger partial charge on any atom is -0.453 e. The van der Waals surface area contributed by atoms with E-state index in [4.69, 9.17) is 5.73 Å². The van der Waals surface area contributed by atoms with E-state index >= 15 is 0 Å². The van der Waals surface area contributed by atoms with Gasteiger partial charge in [0, 0.05) is 19.2 Å². The van der Waals surface area contributed by atoms with E-state index in [1.54, 1.807) is 9.58 Å². The van der Waals surface area contributed by atoms with E-state index in [0.29, 0.717) is 18.9 Å². The van der Waals surface area contributed by atoms with Crippen molar-refractivity contribution in [2.45, 2.75) is 13.0 Å². The molecule has 0 aliphatic carbocycles. The molecule has 0 bridgehead atoms. The fraction of sp³-hybridized carbons (Fsp3) is 0.556. The Balaban J connectivity index is 2.26. The third kappa shape index (κ3) is 1.51. The monoisotopic (exact) mass is 210 g/mol. The quantitative estimate of drug-likeness (QED) is 0.660. The lowest BCUT2D eigenvalue weighted by molar-refractivity contribution is 0.117. The molecule has 0 aromatic carbocycles. The molecule has 0 radical (unpaired) electrons. The molecule has 0 unspecified atom stereocenters. The summed E-state index contributed by atoms with van der Waals surface area (Å²) in [4.78, 5) is 13.0. The number of ether oxygens (including phenoxy) is 1. The van der Waals surface area contributed by atoms with Gasteiger partial charge in [0.15, 0.2) is 0 Å². The first kappa shape index (κ1) is 9.82. The van der Waals surface area contributed by atoms with Gasteiger partial charge in [0.2, 0.25) is 0 Å². The fourth-order valence-electron chi connectivity index (χ4n) is 1.89. The summed E-state index contributed by atoms with van der Waals surface area (Å²) in [5.41, 5.74) is 7.79. The lowest BCUT2D eigenvalue weighted by atomic mass is 10.1. The summed E-state index contributed by atoms with van der Waals surface area (Å²) in [5, 5.41) is 4.13. The largest absolute Gasteiger partial charge is 0.453 e. The minimum absolute atomic E-state index is 0.305. The van der Waals surface area contributed by atoms with Crippen molar-refractivity contribution in [3.8, 4) is 0 Å². The van der Waals surface area contributed by atoms with Gasteiger partial charge < -0.3 is 15.4 Å². The summed E-state index contributed by atoms with van der Waals surface area (Å²) < 4.78 is 6.40. The maximum Gasteiger partial charge on any atom is 0.409 e. The average Bonchev–Trinajstić information content (AvgIpc) is 2.53. The fourth-order valence-corrected chi connectivity index (χ4v) is 1.89. The number of carbonyl (C=O) groups excluding carboxylic acids is 1. The summed E-state index contributed by atoms with van der Waals surface area (Å²) >= 11 is 0. The average molecular weight is 210 g/mol. The van der Waals surface area contributed by atoms with Crippen LogP contribution in [0.2, 0.25) is 0 Å². The van der Waals surface area contributed by atoms with E-state index in [2.05, 4.69) is 9.84 Å². The van der Waals surface area contributed by atoms with Crippen molar-refractivity contribution < 1.29 is 9.53 Å². The summed E-state index contributed by atoms with van der Waals surface area (Å²) in [6.45, 7) is 1.15. The molecule has 15 heavy (non-hydrogen) atoms. The highest BCUT2D eigenvalue weighted by Gasteiger charge is 2.25. The second-order valence-electron chi connectivity index (χ2n) is 3.58. The van der Waals surface area contributed by atoms with Crippen LogP contribution in [0.5, 0.6) is 0 Å². The molecule has 0 fully saturated rings. The Bertz CT molecular complexity index is 399. The first-order valence-electron chi connectivity index (χ1n) is 4.76. The van der Waals surface area contributed by atoms with Gasteiger partial charge in [0.05, 0.1) is 19.3 Å². The lowest BCUT2D eigenvalue weighted by Gasteiger charge is -2.25. The summed E-state index contributed by atoms with van der Waals surface area (Å²) in [5.74, 6) is 0.567. The van der Waals surface area contributed by atoms with Crippen molar-refractivity contribution >= 4 is 11.9 Å². The zero-order valence-electron chi connectivity index (χ0n) is 8.86. The number of anilines is 1. The van der Waals surface area contributed by atoms with Gasteiger partial charge in [0.1, 0.15) is 5.82 Å². The van der Waals surface area contributed by atoms with Crippen LogP contribution in [0.1, 0.15) is 11.3 Å². The number of methoxy groups -OCH3 is 1. The molecule has 1 aliphatic rings. The summed E-state index contributed by atoms with van der Waals surface area (Å²) in [6, 6.07) is 0. The molecule has 2 rings (SSSR count). The number of aryl methyl sites for hydroxylation is 1. The van der Waals surface area contributed by atoms with Gasteiger partial charge in [0.25, 0.3) is 0 Å². The highest BCUT2D eigenvalue weighted by Crippen LogP contribution is 2.23. The number of hydrogen-bond acceptors (Lipinski definition) is 4. The molecule has 6 heteroatoms. The van der Waals surface area contributed by atoms with Gasteiger partial charge in [-0.2, -0.15) is 5.10 Å². The lowest BCUT2D eigenvalue weighted by Crippen LogP contribution is -2.36. The Labute approximate surface area is 87.6 Å². The molecule has 2 heterocycles. The summed E-state index contributed by atoms with van der Waals surface area (Å²) in [6.07, 6.45) is 0.435. The molecule has 1 aliphatic heterocycles. The van der Waals surface area contributed by atoms with Gasteiger partial charge in [-0.25, -0.2) is 4.79 Å². The molecule has 0 spiro atoms. The second-order valence-corrected chi connectivity index (χ2v) is 3.58. The molecule has 0 saturated heterocycles. The highest BCUT2D eigenvalue weighted by molar-refractivity contribution is 5.68. The maximum atomic E-state index is 11.3. The zero-order valence-corrected chi connectivity index (χ0v) is 8.86. The number of nitrogen functional groups attached to an aromatic ring is 1. The van der Waals surface area contributed by atoms with Crippen LogP contribution in [0.15, 0.2) is 0 Å². The van der Waals surface area contributed by atoms with Crippen molar-refractivity contribution in [1.82, 2.24) is 14.7 Å². The summed E-state index contributed by atoms with van der Waals surface area (Å²) in [7, 11) is 3.21. The van der Waals surface area contributed by atoms with E-state index < -0.39 is 0 Å². The maximum absolute atomic E-state index is 11.3. The van der Waals surface area contributed by atoms with Crippen molar-refractivity contribution in [2.75, 3.05) is 19.4 Å². The SMILES string of the molecule is COC(=O)N1CCc2c(N)nn(C)c2C1. The van der Waals surface area contributed by atoms with E-state index in [9.17, 15) is 4.79 Å². The number of fused-ring (bicyclic) bond motifs is 1. The first-order chi connectivity index (χ1) is 7.13. The molecule has 1 aromatic rings. The Kier molecular flexibility index (Phi) is 2.26. The Hall–Kier alpha value is -1.72. The van der Waals surface area contributed by atoms with Crippen LogP contribution in [-0.2, 0) is 24.8 Å². The van der Waals surface area contributed by atoms with Crippen LogP contribution in [0.4, 0.5) is 10.6 Å². The van der Waals surface area contributed by atoms with E-state index in [1.807, 2.05) is 7.05 Å². The zero-order chi connectivity index (χ0) is 11.0. The molecule has 6 nitrogen and oxygen atoms in total. The van der Waals surface area contributed by atoms with Gasteiger partial charge in [-0.15, -0.1) is 0 Å². The Morgan fingerprint density at radius 1 is 1.60 bits per heavy atom. The second kappa shape index (κ2) is 3.45. The number of rotatable bonds is 0. The molecular formula is C9H14N4O2. The predicted molar refractivity (Wildman–Crippen MR) is 54.1 cm³/mol. The van der Waals surface area contributed by atoms with Crippen LogP contribution >= 0.6 is 0 Å². The van der Waals surface area contributed by atoms with Crippen LogP contribution in [0.3, 0.4) is 0 Å². The molecule has 1 aromatic heterocycles. The number of hydrogen-bond donors (Lipinski definition) is 1. The van der Waals surface area contributed by atoms with Crippen molar-refractivity contribution in [1.29, 1.82) is 0 Å². The van der Waals surface area contributed by atoms with E-state index in [1.165, 1.54) is 7.11 Å². The van der Waals surface area contributed by atoms with Crippen LogP contribution in [-0.4, -0.2) is 34.4 Å². The van der Waals surface area contributed by atoms with Gasteiger partial charge in [-0.3, -0.25) is 4.68 Å². The normalized spacial score (nSPS) is 14.9. The van der Waals surface area contributed by atoms with Crippen molar-refractivity contribution in [2.24, 2.45) is 7.05 Å². The number of nitrogens with zero attached hydrogens (tertiary/aromatic N) is 3. The molecule has 2 N–H and O–H groups in total. The number of nitrogens with two attached hydrogens (primary N) is 1. The molecule has 82 valence electrons. The van der Waals surface area contributed by atoms with Gasteiger partial charge in [-0.1, -0.05) is 0 Å². The number of amides is 1. The topological polar surface area (TPSA) is 73.4 Å². The Morgan fingerprint density at radius 2 is 2.33 bits per heavy atom. The molecule has 1 amide bonds. The van der Waals surface area contributed by atoms with Gasteiger partial charge >= 0.3 is 6.09 Å². The van der Waals surface area contributed by atoms with Crippen molar-refractivity contribution in [3.63, 3.8) is 0 Å². The Morgan fingerprint density at radius 3 is 3.00 bits per heavy atom.